The number of halogens is 1. The van der Waals surface area contributed by atoms with Gasteiger partial charge in [-0.15, -0.1) is 11.6 Å². The number of H-pyrrole nitrogens is 1. The first kappa shape index (κ1) is 9.34. The molecule has 2 rings (SSSR count). The number of aromatic nitrogens is 2. The van der Waals surface area contributed by atoms with Crippen molar-refractivity contribution in [2.24, 2.45) is 0 Å². The van der Waals surface area contributed by atoms with E-state index in [0.717, 1.165) is 17.0 Å². The first-order chi connectivity index (χ1) is 6.75. The van der Waals surface area contributed by atoms with E-state index >= 15 is 0 Å². The zero-order valence-electron chi connectivity index (χ0n) is 7.92. The van der Waals surface area contributed by atoms with Gasteiger partial charge in [0.05, 0.1) is 11.0 Å². The third-order valence-corrected chi connectivity index (χ3v) is 2.09. The van der Waals surface area contributed by atoms with Crippen molar-refractivity contribution in [3.05, 3.63) is 24.3 Å². The highest BCUT2D eigenvalue weighted by Crippen LogP contribution is 2.13. The van der Waals surface area contributed by atoms with E-state index in [1.807, 2.05) is 31.2 Å². The van der Waals surface area contributed by atoms with Crippen LogP contribution < -0.4 is 5.32 Å². The third-order valence-electron chi connectivity index (χ3n) is 1.94. The van der Waals surface area contributed by atoms with Crippen LogP contribution in [0.5, 0.6) is 0 Å². The topological polar surface area (TPSA) is 40.7 Å². The van der Waals surface area contributed by atoms with Crippen LogP contribution in [-0.4, -0.2) is 21.9 Å². The van der Waals surface area contributed by atoms with Crippen LogP contribution in [0.4, 0.5) is 5.95 Å². The Balaban J connectivity index is 2.19. The summed E-state index contributed by atoms with van der Waals surface area (Å²) in [6.45, 7) is 2.65. The molecule has 4 heteroatoms. The summed E-state index contributed by atoms with van der Waals surface area (Å²) in [4.78, 5) is 7.53. The molecule has 0 spiro atoms. The van der Waals surface area contributed by atoms with E-state index in [0.29, 0.717) is 6.54 Å². The smallest absolute Gasteiger partial charge is 0.201 e. The predicted octanol–water partition coefficient (Wildman–Crippen LogP) is 2.60. The molecule has 0 aliphatic rings. The Labute approximate surface area is 87.5 Å². The van der Waals surface area contributed by atoms with Gasteiger partial charge in [-0.25, -0.2) is 4.98 Å². The maximum absolute atomic E-state index is 5.82. The fourth-order valence-corrected chi connectivity index (χ4v) is 1.35. The van der Waals surface area contributed by atoms with Crippen LogP contribution >= 0.6 is 11.6 Å². The van der Waals surface area contributed by atoms with Crippen LogP contribution in [0, 0.1) is 0 Å². The number of aromatic amines is 1. The van der Waals surface area contributed by atoms with E-state index in [2.05, 4.69) is 15.3 Å². The molecule has 2 aromatic rings. The molecule has 2 N–H and O–H groups in total. The Bertz CT molecular complexity index is 389. The minimum atomic E-state index is 0.100. The number of rotatable bonds is 3. The zero-order valence-corrected chi connectivity index (χ0v) is 8.67. The van der Waals surface area contributed by atoms with Crippen LogP contribution in [0.15, 0.2) is 24.3 Å². The van der Waals surface area contributed by atoms with E-state index in [4.69, 9.17) is 11.6 Å². The van der Waals surface area contributed by atoms with Gasteiger partial charge in [0.2, 0.25) is 5.95 Å². The van der Waals surface area contributed by atoms with Gasteiger partial charge in [-0.05, 0) is 19.1 Å². The molecular formula is C10H12ClN3. The molecule has 14 heavy (non-hydrogen) atoms. The number of anilines is 1. The van der Waals surface area contributed by atoms with Gasteiger partial charge in [-0.3, -0.25) is 0 Å². The summed E-state index contributed by atoms with van der Waals surface area (Å²) < 4.78 is 0. The highest BCUT2D eigenvalue weighted by molar-refractivity contribution is 6.20. The summed E-state index contributed by atoms with van der Waals surface area (Å²) in [5.41, 5.74) is 2.01. The van der Waals surface area contributed by atoms with Crippen LogP contribution in [0.25, 0.3) is 11.0 Å². The maximum atomic E-state index is 5.82. The molecule has 0 amide bonds. The number of para-hydroxylation sites is 2. The first-order valence-electron chi connectivity index (χ1n) is 4.58. The Kier molecular flexibility index (Phi) is 2.59. The van der Waals surface area contributed by atoms with Crippen molar-refractivity contribution in [2.75, 3.05) is 11.9 Å². The summed E-state index contributed by atoms with van der Waals surface area (Å²) in [7, 11) is 0. The van der Waals surface area contributed by atoms with Gasteiger partial charge in [-0.1, -0.05) is 12.1 Å². The summed E-state index contributed by atoms with van der Waals surface area (Å²) in [5, 5.41) is 3.24. The molecule has 3 nitrogen and oxygen atoms in total. The lowest BCUT2D eigenvalue weighted by Crippen LogP contribution is -2.11. The van der Waals surface area contributed by atoms with Crippen molar-refractivity contribution in [3.63, 3.8) is 0 Å². The van der Waals surface area contributed by atoms with Crippen molar-refractivity contribution in [2.45, 2.75) is 12.3 Å². The molecule has 1 aromatic heterocycles. The van der Waals surface area contributed by atoms with Crippen molar-refractivity contribution in [1.29, 1.82) is 0 Å². The lowest BCUT2D eigenvalue weighted by Gasteiger charge is -2.02. The van der Waals surface area contributed by atoms with E-state index in [-0.39, 0.29) is 5.38 Å². The fourth-order valence-electron chi connectivity index (χ4n) is 1.27. The third kappa shape index (κ3) is 1.99. The second kappa shape index (κ2) is 3.88. The van der Waals surface area contributed by atoms with E-state index < -0.39 is 0 Å². The molecule has 0 aliphatic carbocycles. The number of benzene rings is 1. The normalized spacial score (nSPS) is 13.0. The molecule has 1 atom stereocenters. The molecule has 0 bridgehead atoms. The number of alkyl halides is 1. The lowest BCUT2D eigenvalue weighted by molar-refractivity contribution is 0.972. The minimum Gasteiger partial charge on any atom is -0.354 e. The highest BCUT2D eigenvalue weighted by Gasteiger charge is 2.01. The molecule has 1 heterocycles. The van der Waals surface area contributed by atoms with Gasteiger partial charge in [0, 0.05) is 11.9 Å². The quantitative estimate of drug-likeness (QED) is 0.763. The van der Waals surface area contributed by atoms with Gasteiger partial charge in [0.25, 0.3) is 0 Å². The van der Waals surface area contributed by atoms with E-state index in [1.165, 1.54) is 0 Å². The average molecular weight is 210 g/mol. The molecule has 0 aliphatic heterocycles. The Morgan fingerprint density at radius 1 is 1.50 bits per heavy atom. The maximum Gasteiger partial charge on any atom is 0.201 e. The number of fused-ring (bicyclic) bond motifs is 1. The zero-order chi connectivity index (χ0) is 9.97. The Morgan fingerprint density at radius 2 is 2.29 bits per heavy atom. The van der Waals surface area contributed by atoms with Gasteiger partial charge in [0.15, 0.2) is 0 Å². The van der Waals surface area contributed by atoms with Crippen LogP contribution in [0.2, 0.25) is 0 Å². The van der Waals surface area contributed by atoms with Gasteiger partial charge in [0.1, 0.15) is 0 Å². The molecular weight excluding hydrogens is 198 g/mol. The second-order valence-electron chi connectivity index (χ2n) is 3.26. The van der Waals surface area contributed by atoms with Crippen LogP contribution in [0.1, 0.15) is 6.92 Å². The molecule has 0 radical (unpaired) electrons. The highest BCUT2D eigenvalue weighted by atomic mass is 35.5. The van der Waals surface area contributed by atoms with Gasteiger partial charge < -0.3 is 10.3 Å². The Morgan fingerprint density at radius 3 is 3.00 bits per heavy atom. The van der Waals surface area contributed by atoms with Crippen molar-refractivity contribution >= 4 is 28.6 Å². The Hall–Kier alpha value is -1.22. The van der Waals surface area contributed by atoms with Gasteiger partial charge >= 0.3 is 0 Å². The molecule has 1 aromatic carbocycles. The number of imidazole rings is 1. The van der Waals surface area contributed by atoms with Gasteiger partial charge in [-0.2, -0.15) is 0 Å². The number of nitrogens with zero attached hydrogens (tertiary/aromatic N) is 1. The van der Waals surface area contributed by atoms with Crippen molar-refractivity contribution in [1.82, 2.24) is 9.97 Å². The molecule has 0 saturated carbocycles. The standard InChI is InChI=1S/C10H12ClN3/c1-7(11)6-12-10-13-8-4-2-3-5-9(8)14-10/h2-5,7H,6H2,1H3,(H2,12,13,14)/t7-/m1/s1. The molecule has 0 unspecified atom stereocenters. The largest absolute Gasteiger partial charge is 0.354 e. The van der Waals surface area contributed by atoms with Crippen LogP contribution in [0.3, 0.4) is 0 Å². The lowest BCUT2D eigenvalue weighted by atomic mass is 10.3. The first-order valence-corrected chi connectivity index (χ1v) is 5.02. The SMILES string of the molecule is C[C@@H](Cl)CNc1nc2ccccc2[nH]1. The molecule has 74 valence electrons. The van der Waals surface area contributed by atoms with Crippen molar-refractivity contribution in [3.8, 4) is 0 Å². The predicted molar refractivity (Wildman–Crippen MR) is 59.9 cm³/mol. The second-order valence-corrected chi connectivity index (χ2v) is 4.01. The molecule has 0 fully saturated rings. The molecule has 0 saturated heterocycles. The van der Waals surface area contributed by atoms with E-state index in [9.17, 15) is 0 Å². The summed E-state index contributed by atoms with van der Waals surface area (Å²) in [6.07, 6.45) is 0. The summed E-state index contributed by atoms with van der Waals surface area (Å²) in [5.74, 6) is 0.777. The fraction of sp³-hybridized carbons (Fsp3) is 0.300. The van der Waals surface area contributed by atoms with E-state index in [1.54, 1.807) is 0 Å². The summed E-state index contributed by atoms with van der Waals surface area (Å²) >= 11 is 5.82. The number of nitrogens with one attached hydrogen (secondary N) is 2. The minimum absolute atomic E-state index is 0.100. The number of hydrogen-bond donors (Lipinski definition) is 2. The van der Waals surface area contributed by atoms with Crippen molar-refractivity contribution < 1.29 is 0 Å². The van der Waals surface area contributed by atoms with Crippen LogP contribution in [-0.2, 0) is 0 Å². The number of hydrogen-bond acceptors (Lipinski definition) is 2. The monoisotopic (exact) mass is 209 g/mol. The average Bonchev–Trinajstić information content (AvgIpc) is 2.57. The summed E-state index contributed by atoms with van der Waals surface area (Å²) in [6, 6.07) is 7.92.